The molecule has 1 N–H and O–H groups in total. The van der Waals surface area contributed by atoms with Crippen molar-refractivity contribution in [2.45, 2.75) is 38.1 Å². The Balaban J connectivity index is 1.29. The maximum Gasteiger partial charge on any atom is 0.270 e. The van der Waals surface area contributed by atoms with E-state index in [0.29, 0.717) is 37.0 Å². The molecule has 1 saturated heterocycles. The molecule has 6 heteroatoms. The van der Waals surface area contributed by atoms with Gasteiger partial charge in [-0.3, -0.25) is 14.4 Å². The zero-order valence-corrected chi connectivity index (χ0v) is 14.6. The third-order valence-electron chi connectivity index (χ3n) is 6.27. The van der Waals surface area contributed by atoms with Crippen molar-refractivity contribution in [3.05, 3.63) is 34.2 Å². The van der Waals surface area contributed by atoms with Crippen LogP contribution in [-0.4, -0.2) is 52.8 Å². The maximum absolute atomic E-state index is 12.5. The first-order valence-corrected chi connectivity index (χ1v) is 9.28. The Morgan fingerprint density at radius 3 is 2.60 bits per heavy atom. The molecule has 0 bridgehead atoms. The van der Waals surface area contributed by atoms with Crippen molar-refractivity contribution in [3.8, 4) is 0 Å². The highest BCUT2D eigenvalue weighted by Crippen LogP contribution is 2.49. The molecule has 1 unspecified atom stereocenters. The first-order valence-electron chi connectivity index (χ1n) is 9.28. The van der Waals surface area contributed by atoms with Gasteiger partial charge in [0.05, 0.1) is 0 Å². The Bertz CT molecular complexity index is 727. The van der Waals surface area contributed by atoms with Crippen LogP contribution in [0.1, 0.15) is 42.6 Å². The summed E-state index contributed by atoms with van der Waals surface area (Å²) in [5, 5.41) is 0. The minimum atomic E-state index is -0.166. The van der Waals surface area contributed by atoms with E-state index in [1.54, 1.807) is 4.90 Å². The van der Waals surface area contributed by atoms with E-state index < -0.39 is 0 Å². The van der Waals surface area contributed by atoms with E-state index in [2.05, 4.69) is 4.98 Å². The molecular formula is C19H25N3O3. The van der Waals surface area contributed by atoms with Crippen LogP contribution in [-0.2, 0) is 4.79 Å². The zero-order valence-electron chi connectivity index (χ0n) is 14.6. The Morgan fingerprint density at radius 2 is 2.00 bits per heavy atom. The van der Waals surface area contributed by atoms with Gasteiger partial charge in [-0.05, 0) is 12.3 Å². The van der Waals surface area contributed by atoms with Gasteiger partial charge in [-0.2, -0.15) is 0 Å². The minimum absolute atomic E-state index is 0.123. The van der Waals surface area contributed by atoms with Gasteiger partial charge in [0.25, 0.3) is 5.91 Å². The number of carbonyl (C=O) groups is 2. The van der Waals surface area contributed by atoms with Crippen LogP contribution in [0.2, 0.25) is 0 Å². The SMILES string of the molecule is CN(C(=O)CCC1CCC1)C1[C@H]2CN(C(=O)c3cc(=O)cc[nH]3)C[C@@H]12. The van der Waals surface area contributed by atoms with Gasteiger partial charge >= 0.3 is 0 Å². The van der Waals surface area contributed by atoms with Crippen LogP contribution < -0.4 is 5.43 Å². The molecular weight excluding hydrogens is 318 g/mol. The highest BCUT2D eigenvalue weighted by Gasteiger charge is 2.59. The predicted molar refractivity (Wildman–Crippen MR) is 93.1 cm³/mol. The average Bonchev–Trinajstić information content (AvgIpc) is 3.05. The Labute approximate surface area is 147 Å². The third-order valence-corrected chi connectivity index (χ3v) is 6.27. The van der Waals surface area contributed by atoms with Crippen molar-refractivity contribution in [2.24, 2.45) is 17.8 Å². The lowest BCUT2D eigenvalue weighted by atomic mass is 9.82. The first-order chi connectivity index (χ1) is 12.0. The molecule has 1 aromatic rings. The average molecular weight is 343 g/mol. The van der Waals surface area contributed by atoms with E-state index in [1.807, 2.05) is 11.9 Å². The fourth-order valence-electron chi connectivity index (χ4n) is 4.43. The van der Waals surface area contributed by atoms with E-state index in [-0.39, 0.29) is 23.3 Å². The van der Waals surface area contributed by atoms with Gasteiger partial charge in [-0.1, -0.05) is 19.3 Å². The molecule has 2 amide bonds. The number of amides is 2. The summed E-state index contributed by atoms with van der Waals surface area (Å²) in [7, 11) is 1.91. The summed E-state index contributed by atoms with van der Waals surface area (Å²) >= 11 is 0. The van der Waals surface area contributed by atoms with Gasteiger partial charge in [-0.15, -0.1) is 0 Å². The number of carbonyl (C=O) groups excluding carboxylic acids is 2. The maximum atomic E-state index is 12.5. The van der Waals surface area contributed by atoms with Crippen LogP contribution in [0, 0.1) is 17.8 Å². The molecule has 0 aromatic carbocycles. The van der Waals surface area contributed by atoms with Gasteiger partial charge in [0.2, 0.25) is 5.91 Å². The van der Waals surface area contributed by atoms with Crippen molar-refractivity contribution in [3.63, 3.8) is 0 Å². The molecule has 2 aliphatic carbocycles. The van der Waals surface area contributed by atoms with Crippen molar-refractivity contribution in [1.82, 2.24) is 14.8 Å². The summed E-state index contributed by atoms with van der Waals surface area (Å²) in [5.41, 5.74) is 0.177. The molecule has 2 heterocycles. The standard InChI is InChI=1S/C19H25N3O3/c1-21(17(24)6-5-12-3-2-4-12)18-14-10-22(11-15(14)18)19(25)16-9-13(23)7-8-20-16/h7-9,12,14-15,18H,2-6,10-11H2,1H3,(H,20,23)/t14-,15+,18?. The molecule has 134 valence electrons. The number of aromatic amines is 1. The lowest BCUT2D eigenvalue weighted by Crippen LogP contribution is -2.39. The minimum Gasteiger partial charge on any atom is -0.357 e. The molecule has 0 radical (unpaired) electrons. The second-order valence-electron chi connectivity index (χ2n) is 7.81. The Kier molecular flexibility index (Phi) is 4.13. The largest absolute Gasteiger partial charge is 0.357 e. The Morgan fingerprint density at radius 1 is 1.28 bits per heavy atom. The van der Waals surface area contributed by atoms with Gasteiger partial charge in [0, 0.05) is 62.8 Å². The van der Waals surface area contributed by atoms with E-state index in [4.69, 9.17) is 0 Å². The number of fused-ring (bicyclic) bond motifs is 1. The fraction of sp³-hybridized carbons (Fsp3) is 0.632. The van der Waals surface area contributed by atoms with E-state index in [0.717, 1.165) is 12.3 Å². The zero-order chi connectivity index (χ0) is 17.6. The third kappa shape index (κ3) is 3.10. The van der Waals surface area contributed by atoms with E-state index in [1.165, 1.54) is 37.6 Å². The number of H-pyrrole nitrogens is 1. The number of aromatic nitrogens is 1. The van der Waals surface area contributed by atoms with Crippen LogP contribution in [0.25, 0.3) is 0 Å². The van der Waals surface area contributed by atoms with Crippen molar-refractivity contribution >= 4 is 11.8 Å². The summed E-state index contributed by atoms with van der Waals surface area (Å²) in [4.78, 5) is 42.8. The van der Waals surface area contributed by atoms with Crippen molar-refractivity contribution < 1.29 is 9.59 Å². The molecule has 1 aromatic heterocycles. The second kappa shape index (κ2) is 6.32. The van der Waals surface area contributed by atoms with Crippen molar-refractivity contribution in [1.29, 1.82) is 0 Å². The van der Waals surface area contributed by atoms with E-state index in [9.17, 15) is 14.4 Å². The van der Waals surface area contributed by atoms with Gasteiger partial charge < -0.3 is 14.8 Å². The summed E-state index contributed by atoms with van der Waals surface area (Å²) in [6, 6.07) is 3.03. The van der Waals surface area contributed by atoms with Gasteiger partial charge in [-0.25, -0.2) is 0 Å². The van der Waals surface area contributed by atoms with Crippen LogP contribution in [0.3, 0.4) is 0 Å². The van der Waals surface area contributed by atoms with Crippen LogP contribution in [0.15, 0.2) is 23.1 Å². The predicted octanol–water partition coefficient (Wildman–Crippen LogP) is 1.48. The number of likely N-dealkylation sites (tertiary alicyclic amines) is 1. The number of nitrogens with one attached hydrogen (secondary N) is 1. The summed E-state index contributed by atoms with van der Waals surface area (Å²) in [6.07, 6.45) is 7.07. The molecule has 6 nitrogen and oxygen atoms in total. The van der Waals surface area contributed by atoms with E-state index >= 15 is 0 Å². The smallest absolute Gasteiger partial charge is 0.270 e. The lowest BCUT2D eigenvalue weighted by molar-refractivity contribution is -0.131. The highest BCUT2D eigenvalue weighted by molar-refractivity contribution is 5.92. The number of piperidine rings is 1. The molecule has 3 atom stereocenters. The fourth-order valence-corrected chi connectivity index (χ4v) is 4.43. The molecule has 0 spiro atoms. The number of rotatable bonds is 5. The molecule has 25 heavy (non-hydrogen) atoms. The molecule has 2 saturated carbocycles. The molecule has 1 aliphatic heterocycles. The molecule has 4 rings (SSSR count). The number of pyridine rings is 1. The topological polar surface area (TPSA) is 73.5 Å². The number of hydrogen-bond donors (Lipinski definition) is 1. The quantitative estimate of drug-likeness (QED) is 0.880. The van der Waals surface area contributed by atoms with Crippen LogP contribution in [0.4, 0.5) is 0 Å². The lowest BCUT2D eigenvalue weighted by Gasteiger charge is -2.27. The summed E-state index contributed by atoms with van der Waals surface area (Å²) in [6.45, 7) is 1.34. The Hall–Kier alpha value is -2.11. The van der Waals surface area contributed by atoms with Crippen LogP contribution in [0.5, 0.6) is 0 Å². The number of nitrogens with zero attached hydrogens (tertiary/aromatic N) is 2. The number of hydrogen-bond acceptors (Lipinski definition) is 3. The van der Waals surface area contributed by atoms with Crippen LogP contribution >= 0.6 is 0 Å². The summed E-state index contributed by atoms with van der Waals surface area (Å²) < 4.78 is 0. The summed E-state index contributed by atoms with van der Waals surface area (Å²) in [5.74, 6) is 1.66. The van der Waals surface area contributed by atoms with Crippen molar-refractivity contribution in [2.75, 3.05) is 20.1 Å². The first kappa shape index (κ1) is 16.4. The molecule has 3 aliphatic rings. The monoisotopic (exact) mass is 343 g/mol. The van der Waals surface area contributed by atoms with Gasteiger partial charge in [0.1, 0.15) is 5.69 Å². The normalized spacial score (nSPS) is 27.6. The van der Waals surface area contributed by atoms with Gasteiger partial charge in [0.15, 0.2) is 5.43 Å². The highest BCUT2D eigenvalue weighted by atomic mass is 16.2. The molecule has 3 fully saturated rings. The second-order valence-corrected chi connectivity index (χ2v) is 7.81.